The third kappa shape index (κ3) is 6.38. The molecule has 0 amide bonds. The first-order valence-electron chi connectivity index (χ1n) is 13.4. The molecule has 1 aliphatic carbocycles. The van der Waals surface area contributed by atoms with Crippen LogP contribution in [0.3, 0.4) is 0 Å². The van der Waals surface area contributed by atoms with Crippen LogP contribution in [0.2, 0.25) is 0 Å². The van der Waals surface area contributed by atoms with Gasteiger partial charge in [-0.3, -0.25) is 9.88 Å². The number of aromatic hydroxyl groups is 1. The van der Waals surface area contributed by atoms with Crippen LogP contribution < -0.4 is 5.32 Å². The van der Waals surface area contributed by atoms with Crippen LogP contribution in [0.4, 0.5) is 0 Å². The van der Waals surface area contributed by atoms with Crippen LogP contribution in [-0.4, -0.2) is 25.0 Å². The minimum absolute atomic E-state index is 0. The van der Waals surface area contributed by atoms with Gasteiger partial charge in [-0.05, 0) is 60.2 Å². The Morgan fingerprint density at radius 3 is 2.51 bits per heavy atom. The first-order chi connectivity index (χ1) is 18.7. The molecule has 3 N–H and O–H groups in total. The van der Waals surface area contributed by atoms with E-state index in [-0.39, 0.29) is 23.0 Å². The summed E-state index contributed by atoms with van der Waals surface area (Å²) < 4.78 is 0. The van der Waals surface area contributed by atoms with Crippen LogP contribution in [0.5, 0.6) is 5.75 Å². The largest absolute Gasteiger partial charge is 0.508 e. The number of benzene rings is 3. The number of nitrogens with zero attached hydrogens (tertiary/aromatic N) is 3. The van der Waals surface area contributed by atoms with Gasteiger partial charge in [0, 0.05) is 31.4 Å². The summed E-state index contributed by atoms with van der Waals surface area (Å²) in [6, 6.07) is 29.1. The highest BCUT2D eigenvalue weighted by molar-refractivity contribution is 8.93. The molecule has 0 aliphatic heterocycles. The number of nitrogens with one attached hydrogen (secondary N) is 2. The Morgan fingerprint density at radius 1 is 0.872 bits per heavy atom. The fraction of sp³-hybridized carbons (Fsp3) is 0.250. The normalized spacial score (nSPS) is 14.7. The lowest BCUT2D eigenvalue weighted by molar-refractivity contribution is 0.153. The molecule has 0 saturated heterocycles. The number of imidazole rings is 1. The monoisotopic (exact) mass is 583 g/mol. The van der Waals surface area contributed by atoms with Gasteiger partial charge in [-0.2, -0.15) is 0 Å². The van der Waals surface area contributed by atoms with Crippen LogP contribution in [-0.2, 0) is 32.6 Å². The first-order valence-corrected chi connectivity index (χ1v) is 13.4. The Hall–Kier alpha value is -3.52. The van der Waals surface area contributed by atoms with Crippen molar-refractivity contribution in [2.24, 2.45) is 0 Å². The van der Waals surface area contributed by atoms with Gasteiger partial charge in [0.1, 0.15) is 11.6 Å². The number of rotatable bonds is 9. The highest BCUT2D eigenvalue weighted by atomic mass is 79.9. The summed E-state index contributed by atoms with van der Waals surface area (Å²) in [5.74, 6) is 1.32. The van der Waals surface area contributed by atoms with E-state index in [9.17, 15) is 5.11 Å². The Morgan fingerprint density at radius 2 is 1.67 bits per heavy atom. The number of aryl methyl sites for hydroxylation is 1. The second-order valence-electron chi connectivity index (χ2n) is 10.1. The molecular formula is C32H34BrN5O. The predicted molar refractivity (Wildman–Crippen MR) is 161 cm³/mol. The molecule has 0 fully saturated rings. The fourth-order valence-corrected chi connectivity index (χ4v) is 5.49. The molecule has 2 aromatic heterocycles. The number of halogens is 1. The van der Waals surface area contributed by atoms with E-state index in [0.29, 0.717) is 12.3 Å². The molecule has 200 valence electrons. The lowest BCUT2D eigenvalue weighted by Gasteiger charge is -2.34. The maximum absolute atomic E-state index is 9.99. The number of aromatic amines is 1. The van der Waals surface area contributed by atoms with Gasteiger partial charge in [-0.25, -0.2) is 4.98 Å². The van der Waals surface area contributed by atoms with Gasteiger partial charge in [0.2, 0.25) is 0 Å². The van der Waals surface area contributed by atoms with Gasteiger partial charge in [-0.1, -0.05) is 60.7 Å². The van der Waals surface area contributed by atoms with E-state index >= 15 is 0 Å². The van der Waals surface area contributed by atoms with E-state index in [1.54, 1.807) is 6.07 Å². The number of para-hydroxylation sites is 3. The molecule has 6 nitrogen and oxygen atoms in total. The second-order valence-corrected chi connectivity index (χ2v) is 10.1. The molecule has 1 unspecified atom stereocenters. The topological polar surface area (TPSA) is 77.1 Å². The van der Waals surface area contributed by atoms with Crippen LogP contribution in [0.15, 0.2) is 91.1 Å². The summed E-state index contributed by atoms with van der Waals surface area (Å²) in [6.07, 6.45) is 5.29. The number of aromatic nitrogens is 3. The smallest absolute Gasteiger partial charge is 0.121 e. The Bertz CT molecular complexity index is 1480. The van der Waals surface area contributed by atoms with Gasteiger partial charge in [0.25, 0.3) is 0 Å². The summed E-state index contributed by atoms with van der Waals surface area (Å²) in [6.45, 7) is 2.94. The molecule has 0 radical (unpaired) electrons. The molecule has 5 aromatic rings. The molecule has 0 saturated carbocycles. The van der Waals surface area contributed by atoms with Crippen molar-refractivity contribution in [1.29, 1.82) is 0 Å². The van der Waals surface area contributed by atoms with E-state index in [4.69, 9.17) is 9.97 Å². The number of H-pyrrole nitrogens is 1. The van der Waals surface area contributed by atoms with Crippen molar-refractivity contribution in [1.82, 2.24) is 25.2 Å². The minimum atomic E-state index is 0. The Labute approximate surface area is 239 Å². The van der Waals surface area contributed by atoms with E-state index in [0.717, 1.165) is 54.9 Å². The van der Waals surface area contributed by atoms with Crippen molar-refractivity contribution >= 4 is 28.0 Å². The molecule has 39 heavy (non-hydrogen) atoms. The summed E-state index contributed by atoms with van der Waals surface area (Å²) in [5, 5.41) is 13.4. The highest BCUT2D eigenvalue weighted by Gasteiger charge is 2.28. The summed E-state index contributed by atoms with van der Waals surface area (Å²) in [4.78, 5) is 15.8. The number of hydrogen-bond acceptors (Lipinski definition) is 5. The zero-order chi connectivity index (χ0) is 25.7. The number of pyridine rings is 1. The zero-order valence-electron chi connectivity index (χ0n) is 21.9. The molecule has 2 heterocycles. The lowest BCUT2D eigenvalue weighted by Crippen LogP contribution is -2.31. The number of fused-ring (bicyclic) bond motifs is 2. The van der Waals surface area contributed by atoms with Crippen molar-refractivity contribution in [3.05, 3.63) is 125 Å². The van der Waals surface area contributed by atoms with Crippen LogP contribution in [0, 0.1) is 0 Å². The number of phenols is 1. The van der Waals surface area contributed by atoms with Crippen LogP contribution >= 0.6 is 17.0 Å². The molecule has 0 spiro atoms. The minimum Gasteiger partial charge on any atom is -0.508 e. The average molecular weight is 585 g/mol. The van der Waals surface area contributed by atoms with E-state index < -0.39 is 0 Å². The van der Waals surface area contributed by atoms with Crippen molar-refractivity contribution in [2.75, 3.05) is 0 Å². The van der Waals surface area contributed by atoms with E-state index in [2.05, 4.69) is 63.7 Å². The van der Waals surface area contributed by atoms with Gasteiger partial charge in [0.05, 0.1) is 29.3 Å². The fourth-order valence-electron chi connectivity index (χ4n) is 5.49. The predicted octanol–water partition coefficient (Wildman–Crippen LogP) is 6.61. The quantitative estimate of drug-likeness (QED) is 0.182. The Balaban J connectivity index is 0.00000308. The van der Waals surface area contributed by atoms with E-state index in [1.807, 2.05) is 36.5 Å². The first kappa shape index (κ1) is 27.1. The van der Waals surface area contributed by atoms with Gasteiger partial charge in [0.15, 0.2) is 0 Å². The van der Waals surface area contributed by atoms with Crippen LogP contribution in [0.1, 0.15) is 52.7 Å². The van der Waals surface area contributed by atoms with Gasteiger partial charge < -0.3 is 15.4 Å². The van der Waals surface area contributed by atoms with Crippen molar-refractivity contribution in [3.63, 3.8) is 0 Å². The number of hydrogen-bond donors (Lipinski definition) is 3. The third-order valence-electron chi connectivity index (χ3n) is 7.44. The van der Waals surface area contributed by atoms with Crippen molar-refractivity contribution in [3.8, 4) is 5.75 Å². The van der Waals surface area contributed by atoms with Gasteiger partial charge in [-0.15, -0.1) is 17.0 Å². The Kier molecular flexibility index (Phi) is 8.71. The highest BCUT2D eigenvalue weighted by Crippen LogP contribution is 2.34. The second kappa shape index (κ2) is 12.6. The molecule has 1 atom stereocenters. The number of phenolic OH excluding ortho intramolecular Hbond substituents is 1. The average Bonchev–Trinajstić information content (AvgIpc) is 3.37. The SMILES string of the molecule is Br.Oc1ccccc1CNCc1ccc(CN(Cc2nc3ccccc3[nH]2)C2CCCc3cccnc32)cc1. The summed E-state index contributed by atoms with van der Waals surface area (Å²) >= 11 is 0. The molecule has 3 aromatic carbocycles. The molecule has 0 bridgehead atoms. The standard InChI is InChI=1S/C32H33N5O.BrH/c38-30-13-4-1-7-26(30)20-33-19-23-14-16-24(17-15-23)21-37(22-31-35-27-10-2-3-11-28(27)36-31)29-12-5-8-25-9-6-18-34-32(25)29;/h1-4,6-7,9-11,13-18,29,33,38H,5,8,12,19-22H2,(H,35,36);1H. The van der Waals surface area contributed by atoms with Crippen molar-refractivity contribution in [2.45, 2.75) is 51.5 Å². The lowest BCUT2D eigenvalue weighted by atomic mass is 9.90. The molecular weight excluding hydrogens is 550 g/mol. The summed E-state index contributed by atoms with van der Waals surface area (Å²) in [7, 11) is 0. The van der Waals surface area contributed by atoms with Gasteiger partial charge >= 0.3 is 0 Å². The molecule has 1 aliphatic rings. The summed E-state index contributed by atoms with van der Waals surface area (Å²) in [5.41, 5.74) is 8.05. The third-order valence-corrected chi connectivity index (χ3v) is 7.44. The van der Waals surface area contributed by atoms with Crippen LogP contribution in [0.25, 0.3) is 11.0 Å². The van der Waals surface area contributed by atoms with Crippen molar-refractivity contribution < 1.29 is 5.11 Å². The molecule has 6 rings (SSSR count). The molecule has 7 heteroatoms. The maximum atomic E-state index is 9.99. The zero-order valence-corrected chi connectivity index (χ0v) is 23.6. The van der Waals surface area contributed by atoms with E-state index in [1.165, 1.54) is 28.8 Å². The maximum Gasteiger partial charge on any atom is 0.121 e.